The van der Waals surface area contributed by atoms with Gasteiger partial charge in [0.25, 0.3) is 15.9 Å². The number of hydrogen-bond donors (Lipinski definition) is 1. The number of nitrogens with zero attached hydrogens (tertiary/aromatic N) is 1. The van der Waals surface area contributed by atoms with Gasteiger partial charge < -0.3 is 5.32 Å². The van der Waals surface area contributed by atoms with Gasteiger partial charge in [0.2, 0.25) is 0 Å². The van der Waals surface area contributed by atoms with Gasteiger partial charge in [0.1, 0.15) is 0 Å². The first-order chi connectivity index (χ1) is 14.2. The molecule has 5 nitrogen and oxygen atoms in total. The van der Waals surface area contributed by atoms with Crippen LogP contribution < -0.4 is 9.62 Å². The fraction of sp³-hybridized carbons (Fsp3) is 0.208. The lowest BCUT2D eigenvalue weighted by Crippen LogP contribution is -2.29. The first-order valence-electron chi connectivity index (χ1n) is 9.72. The van der Waals surface area contributed by atoms with Crippen LogP contribution in [0.5, 0.6) is 0 Å². The molecule has 6 heteroatoms. The molecule has 156 valence electrons. The van der Waals surface area contributed by atoms with Crippen molar-refractivity contribution in [3.05, 3.63) is 95.1 Å². The van der Waals surface area contributed by atoms with Crippen molar-refractivity contribution in [2.45, 2.75) is 31.7 Å². The Bertz CT molecular complexity index is 1160. The molecule has 0 aliphatic rings. The first-order valence-corrected chi connectivity index (χ1v) is 11.2. The van der Waals surface area contributed by atoms with E-state index in [1.165, 1.54) is 11.4 Å². The second-order valence-corrected chi connectivity index (χ2v) is 9.36. The van der Waals surface area contributed by atoms with Crippen LogP contribution >= 0.6 is 0 Å². The second kappa shape index (κ2) is 8.71. The molecule has 1 atom stereocenters. The van der Waals surface area contributed by atoms with E-state index < -0.39 is 10.0 Å². The lowest BCUT2D eigenvalue weighted by atomic mass is 10.0. The van der Waals surface area contributed by atoms with Crippen molar-refractivity contribution in [2.75, 3.05) is 11.4 Å². The third-order valence-corrected chi connectivity index (χ3v) is 6.95. The van der Waals surface area contributed by atoms with Gasteiger partial charge in [0, 0.05) is 12.6 Å². The predicted molar refractivity (Wildman–Crippen MR) is 120 cm³/mol. The summed E-state index contributed by atoms with van der Waals surface area (Å²) in [7, 11) is -2.23. The molecule has 1 amide bonds. The molecule has 0 heterocycles. The zero-order valence-electron chi connectivity index (χ0n) is 17.6. The SMILES string of the molecule is Cc1ccc(S(=O)(=O)N(C)c2cccc(C(=O)N[C@@H](C)c3ccccc3C)c2)cc1. The van der Waals surface area contributed by atoms with Crippen LogP contribution in [0.2, 0.25) is 0 Å². The Morgan fingerprint density at radius 3 is 2.27 bits per heavy atom. The van der Waals surface area contributed by atoms with Gasteiger partial charge in [-0.3, -0.25) is 9.10 Å². The zero-order valence-corrected chi connectivity index (χ0v) is 18.4. The number of rotatable bonds is 6. The van der Waals surface area contributed by atoms with Gasteiger partial charge in [-0.2, -0.15) is 0 Å². The molecule has 0 aliphatic heterocycles. The first kappa shape index (κ1) is 21.6. The molecule has 3 aromatic carbocycles. The maximum Gasteiger partial charge on any atom is 0.264 e. The molecule has 0 aromatic heterocycles. The third kappa shape index (κ3) is 4.54. The van der Waals surface area contributed by atoms with E-state index in [9.17, 15) is 13.2 Å². The summed E-state index contributed by atoms with van der Waals surface area (Å²) in [5, 5.41) is 2.99. The Balaban J connectivity index is 1.82. The number of sulfonamides is 1. The van der Waals surface area contributed by atoms with Crippen molar-refractivity contribution in [3.63, 3.8) is 0 Å². The van der Waals surface area contributed by atoms with Crippen molar-refractivity contribution < 1.29 is 13.2 Å². The number of nitrogens with one attached hydrogen (secondary N) is 1. The van der Waals surface area contributed by atoms with E-state index >= 15 is 0 Å². The Kier molecular flexibility index (Phi) is 6.27. The minimum absolute atomic E-state index is 0.170. The van der Waals surface area contributed by atoms with Crippen molar-refractivity contribution in [3.8, 4) is 0 Å². The van der Waals surface area contributed by atoms with Crippen molar-refractivity contribution in [1.82, 2.24) is 5.32 Å². The molecule has 0 bridgehead atoms. The number of carbonyl (C=O) groups excluding carboxylic acids is 1. The van der Waals surface area contributed by atoms with E-state index in [1.54, 1.807) is 48.5 Å². The van der Waals surface area contributed by atoms with Crippen LogP contribution in [-0.2, 0) is 10.0 Å². The van der Waals surface area contributed by atoms with Gasteiger partial charge in [-0.15, -0.1) is 0 Å². The number of hydrogen-bond acceptors (Lipinski definition) is 3. The molecule has 0 fully saturated rings. The highest BCUT2D eigenvalue weighted by atomic mass is 32.2. The summed E-state index contributed by atoms with van der Waals surface area (Å²) in [6.45, 7) is 5.84. The number of amides is 1. The van der Waals surface area contributed by atoms with Crippen LogP contribution in [0.4, 0.5) is 5.69 Å². The predicted octanol–water partition coefficient (Wildman–Crippen LogP) is 4.62. The average Bonchev–Trinajstić information content (AvgIpc) is 2.73. The van der Waals surface area contributed by atoms with Crippen LogP contribution in [0.3, 0.4) is 0 Å². The van der Waals surface area contributed by atoms with Gasteiger partial charge in [-0.25, -0.2) is 8.42 Å². The van der Waals surface area contributed by atoms with E-state index in [1.807, 2.05) is 45.0 Å². The van der Waals surface area contributed by atoms with Crippen molar-refractivity contribution in [2.24, 2.45) is 0 Å². The average molecular weight is 423 g/mol. The molecule has 1 N–H and O–H groups in total. The normalized spacial score (nSPS) is 12.3. The fourth-order valence-corrected chi connectivity index (χ4v) is 4.47. The topological polar surface area (TPSA) is 66.5 Å². The molecule has 0 saturated carbocycles. The molecular weight excluding hydrogens is 396 g/mol. The van der Waals surface area contributed by atoms with E-state index in [4.69, 9.17) is 0 Å². The maximum absolute atomic E-state index is 13.0. The summed E-state index contributed by atoms with van der Waals surface area (Å²) in [6.07, 6.45) is 0. The third-order valence-electron chi connectivity index (χ3n) is 5.15. The monoisotopic (exact) mass is 422 g/mol. The summed E-state index contributed by atoms with van der Waals surface area (Å²) in [5.41, 5.74) is 3.95. The molecule has 0 saturated heterocycles. The van der Waals surface area contributed by atoms with Crippen molar-refractivity contribution >= 4 is 21.6 Å². The molecule has 0 spiro atoms. The smallest absolute Gasteiger partial charge is 0.264 e. The Labute approximate surface area is 178 Å². The number of carbonyl (C=O) groups is 1. The highest BCUT2D eigenvalue weighted by Crippen LogP contribution is 2.24. The maximum atomic E-state index is 13.0. The lowest BCUT2D eigenvalue weighted by Gasteiger charge is -2.21. The van der Waals surface area contributed by atoms with Crippen molar-refractivity contribution in [1.29, 1.82) is 0 Å². The standard InChI is InChI=1S/C24H26N2O3S/c1-17-12-14-22(15-13-17)30(28,29)26(4)21-10-7-9-20(16-21)24(27)25-19(3)23-11-6-5-8-18(23)2/h5-16,19H,1-4H3,(H,25,27)/t19-/m0/s1. The van der Waals surface area contributed by atoms with Crippen LogP contribution in [0.25, 0.3) is 0 Å². The van der Waals surface area contributed by atoms with Gasteiger partial charge in [0.05, 0.1) is 16.6 Å². The largest absolute Gasteiger partial charge is 0.346 e. The number of aryl methyl sites for hydroxylation is 2. The van der Waals surface area contributed by atoms with Gasteiger partial charge >= 0.3 is 0 Å². The summed E-state index contributed by atoms with van der Waals surface area (Å²) in [6, 6.07) is 21.0. The summed E-state index contributed by atoms with van der Waals surface area (Å²) >= 11 is 0. The number of benzene rings is 3. The summed E-state index contributed by atoms with van der Waals surface area (Å²) < 4.78 is 27.1. The fourth-order valence-electron chi connectivity index (χ4n) is 3.28. The van der Waals surface area contributed by atoms with E-state index in [2.05, 4.69) is 5.32 Å². The molecule has 3 rings (SSSR count). The van der Waals surface area contributed by atoms with E-state index in [0.29, 0.717) is 11.3 Å². The summed E-state index contributed by atoms with van der Waals surface area (Å²) in [5.74, 6) is -0.256. The van der Waals surface area contributed by atoms with Crippen LogP contribution in [0.1, 0.15) is 40.0 Å². The van der Waals surface area contributed by atoms with Gasteiger partial charge in [0.15, 0.2) is 0 Å². The highest BCUT2D eigenvalue weighted by molar-refractivity contribution is 7.92. The molecule has 0 radical (unpaired) electrons. The van der Waals surface area contributed by atoms with E-state index in [-0.39, 0.29) is 16.8 Å². The van der Waals surface area contributed by atoms with Crippen LogP contribution in [0.15, 0.2) is 77.7 Å². The van der Waals surface area contributed by atoms with E-state index in [0.717, 1.165) is 16.7 Å². The summed E-state index contributed by atoms with van der Waals surface area (Å²) in [4.78, 5) is 13.0. The van der Waals surface area contributed by atoms with Crippen LogP contribution in [0, 0.1) is 13.8 Å². The molecule has 0 aliphatic carbocycles. The molecular formula is C24H26N2O3S. The van der Waals surface area contributed by atoms with Gasteiger partial charge in [-0.05, 0) is 62.2 Å². The lowest BCUT2D eigenvalue weighted by molar-refractivity contribution is 0.0940. The van der Waals surface area contributed by atoms with Crippen LogP contribution in [-0.4, -0.2) is 21.4 Å². The minimum Gasteiger partial charge on any atom is -0.346 e. The highest BCUT2D eigenvalue weighted by Gasteiger charge is 2.22. The van der Waals surface area contributed by atoms with Gasteiger partial charge in [-0.1, -0.05) is 48.0 Å². The Morgan fingerprint density at radius 1 is 0.933 bits per heavy atom. The second-order valence-electron chi connectivity index (χ2n) is 7.39. The quantitative estimate of drug-likeness (QED) is 0.630. The Morgan fingerprint density at radius 2 is 1.60 bits per heavy atom. The molecule has 30 heavy (non-hydrogen) atoms. The number of anilines is 1. The molecule has 0 unspecified atom stereocenters. The minimum atomic E-state index is -3.72. The molecule has 3 aromatic rings. The Hall–Kier alpha value is -3.12. The zero-order chi connectivity index (χ0) is 21.9.